The first-order chi connectivity index (χ1) is 15.9. The highest BCUT2D eigenvalue weighted by atomic mass is 16.6. The van der Waals surface area contributed by atoms with Gasteiger partial charge in [-0.1, -0.05) is 32.8 Å². The number of allylic oxidation sites excluding steroid dienone is 1. The van der Waals surface area contributed by atoms with E-state index in [1.54, 1.807) is 18.3 Å². The van der Waals surface area contributed by atoms with Crippen LogP contribution in [-0.4, -0.2) is 16.8 Å². The Morgan fingerprint density at radius 3 is 2.61 bits per heavy atom. The molecule has 0 amide bonds. The molecule has 0 radical (unpaired) electrons. The summed E-state index contributed by atoms with van der Waals surface area (Å²) in [5.41, 5.74) is 3.14. The van der Waals surface area contributed by atoms with Crippen molar-refractivity contribution in [1.29, 1.82) is 0 Å². The van der Waals surface area contributed by atoms with Gasteiger partial charge in [-0.25, -0.2) is 0 Å². The Kier molecular flexibility index (Phi) is 6.00. The third kappa shape index (κ3) is 3.98. The molecule has 0 aliphatic heterocycles. The van der Waals surface area contributed by atoms with Gasteiger partial charge >= 0.3 is 0 Å². The van der Waals surface area contributed by atoms with Crippen LogP contribution in [0, 0.1) is 44.6 Å². The molecule has 6 atom stereocenters. The number of nitro groups is 1. The van der Waals surface area contributed by atoms with Gasteiger partial charge in [-0.05, 0) is 104 Å². The summed E-state index contributed by atoms with van der Waals surface area (Å²) in [5, 5.41) is 19.9. The van der Waals surface area contributed by atoms with Crippen LogP contribution in [0.2, 0.25) is 0 Å². The van der Waals surface area contributed by atoms with Crippen LogP contribution >= 0.6 is 0 Å². The number of nitro benzene ring substituents is 1. The van der Waals surface area contributed by atoms with E-state index in [2.05, 4.69) is 18.9 Å². The standard InChI is InChI=1S/C28H37N3O2/c1-27-17-4-3-7-21(27)10-13-23-24-14-15-26(28(24,2)18-16-25(23)27)30-29-19-5-6-20-8-11-22(12-9-20)31(32)33/h5-6,8-9,11-12,19,21,23-25H,3-4,7,10,13-18H2,1-2H3/b6-5+,29-19+,30-26+/t21?,23?,24?,25?,27-,28-/m0/s1. The quantitative estimate of drug-likeness (QED) is 0.273. The predicted octanol–water partition coefficient (Wildman–Crippen LogP) is 7.47. The van der Waals surface area contributed by atoms with Crippen LogP contribution in [0.25, 0.3) is 6.08 Å². The molecule has 1 aromatic rings. The van der Waals surface area contributed by atoms with Crippen molar-refractivity contribution in [2.45, 2.75) is 78.1 Å². The summed E-state index contributed by atoms with van der Waals surface area (Å²) in [6.45, 7) is 5.11. The molecular weight excluding hydrogens is 410 g/mol. The Morgan fingerprint density at radius 2 is 1.82 bits per heavy atom. The van der Waals surface area contributed by atoms with Crippen molar-refractivity contribution >= 4 is 23.7 Å². The lowest BCUT2D eigenvalue weighted by molar-refractivity contribution is -0.384. The van der Waals surface area contributed by atoms with Crippen molar-refractivity contribution in [3.63, 3.8) is 0 Å². The topological polar surface area (TPSA) is 67.9 Å². The molecule has 5 rings (SSSR count). The molecule has 5 heteroatoms. The zero-order chi connectivity index (χ0) is 23.1. The Balaban J connectivity index is 1.26. The number of non-ortho nitro benzene ring substituents is 1. The second-order valence-electron chi connectivity index (χ2n) is 11.4. The highest BCUT2D eigenvalue weighted by Crippen LogP contribution is 2.65. The zero-order valence-corrected chi connectivity index (χ0v) is 20.1. The SMILES string of the molecule is C[C@]12CCCCC1CCC1C2CC[C@]2(C)/C(=N/N=C/C=C/c3ccc([N+](=O)[O-])cc3)CCC12. The maximum Gasteiger partial charge on any atom is 0.269 e. The summed E-state index contributed by atoms with van der Waals surface area (Å²) in [4.78, 5) is 10.4. The van der Waals surface area contributed by atoms with Gasteiger partial charge in [-0.15, -0.1) is 0 Å². The van der Waals surface area contributed by atoms with Crippen LogP contribution in [0.1, 0.15) is 83.6 Å². The fourth-order valence-corrected chi connectivity index (χ4v) is 8.25. The van der Waals surface area contributed by atoms with Crippen molar-refractivity contribution < 1.29 is 4.92 Å². The molecule has 0 N–H and O–H groups in total. The summed E-state index contributed by atoms with van der Waals surface area (Å²) in [6.07, 6.45) is 19.2. The molecule has 0 aromatic heterocycles. The Bertz CT molecular complexity index is 981. The van der Waals surface area contributed by atoms with E-state index < -0.39 is 0 Å². The zero-order valence-electron chi connectivity index (χ0n) is 20.1. The smallest absolute Gasteiger partial charge is 0.258 e. The molecule has 5 nitrogen and oxygen atoms in total. The number of fused-ring (bicyclic) bond motifs is 5. The van der Waals surface area contributed by atoms with Gasteiger partial charge in [0.25, 0.3) is 5.69 Å². The minimum absolute atomic E-state index is 0.108. The monoisotopic (exact) mass is 447 g/mol. The van der Waals surface area contributed by atoms with Gasteiger partial charge in [0.2, 0.25) is 0 Å². The number of hydrogen-bond acceptors (Lipinski definition) is 4. The number of nitrogens with zero attached hydrogens (tertiary/aromatic N) is 3. The molecule has 0 saturated heterocycles. The van der Waals surface area contributed by atoms with Crippen molar-refractivity contribution in [2.24, 2.45) is 44.7 Å². The van der Waals surface area contributed by atoms with E-state index >= 15 is 0 Å². The minimum atomic E-state index is -0.380. The first kappa shape index (κ1) is 22.5. The molecule has 4 aliphatic rings. The molecule has 0 heterocycles. The van der Waals surface area contributed by atoms with Crippen LogP contribution < -0.4 is 0 Å². The maximum absolute atomic E-state index is 10.8. The number of benzene rings is 1. The third-order valence-corrected chi connectivity index (χ3v) is 10.0. The molecule has 0 spiro atoms. The fourth-order valence-electron chi connectivity index (χ4n) is 8.25. The summed E-state index contributed by atoms with van der Waals surface area (Å²) >= 11 is 0. The van der Waals surface area contributed by atoms with E-state index in [4.69, 9.17) is 5.10 Å². The second kappa shape index (κ2) is 8.81. The molecular formula is C28H37N3O2. The number of hydrogen-bond donors (Lipinski definition) is 0. The summed E-state index contributed by atoms with van der Waals surface area (Å²) in [6, 6.07) is 6.54. The van der Waals surface area contributed by atoms with Gasteiger partial charge in [-0.3, -0.25) is 10.1 Å². The third-order valence-electron chi connectivity index (χ3n) is 10.0. The van der Waals surface area contributed by atoms with Crippen molar-refractivity contribution in [1.82, 2.24) is 0 Å². The van der Waals surface area contributed by atoms with Crippen LogP contribution in [0.15, 0.2) is 40.5 Å². The molecule has 1 aromatic carbocycles. The van der Waals surface area contributed by atoms with Crippen LogP contribution in [0.5, 0.6) is 0 Å². The first-order valence-corrected chi connectivity index (χ1v) is 12.9. The second-order valence-corrected chi connectivity index (χ2v) is 11.4. The van der Waals surface area contributed by atoms with Gasteiger partial charge < -0.3 is 0 Å². The van der Waals surface area contributed by atoms with Crippen molar-refractivity contribution in [2.75, 3.05) is 0 Å². The summed E-state index contributed by atoms with van der Waals surface area (Å²) in [7, 11) is 0. The maximum atomic E-state index is 10.8. The highest BCUT2D eigenvalue weighted by Gasteiger charge is 2.58. The van der Waals surface area contributed by atoms with Gasteiger partial charge in [-0.2, -0.15) is 10.2 Å². The Morgan fingerprint density at radius 1 is 1.00 bits per heavy atom. The molecule has 4 fully saturated rings. The highest BCUT2D eigenvalue weighted by molar-refractivity contribution is 5.93. The van der Waals surface area contributed by atoms with Crippen LogP contribution in [0.3, 0.4) is 0 Å². The summed E-state index contributed by atoms with van der Waals surface area (Å²) < 4.78 is 0. The van der Waals surface area contributed by atoms with Gasteiger partial charge in [0.05, 0.1) is 4.92 Å². The molecule has 0 bridgehead atoms. The lowest BCUT2D eigenvalue weighted by Gasteiger charge is -2.59. The normalized spacial score (nSPS) is 39.5. The van der Waals surface area contributed by atoms with Crippen LogP contribution in [0.4, 0.5) is 5.69 Å². The van der Waals surface area contributed by atoms with Crippen molar-refractivity contribution in [3.8, 4) is 0 Å². The molecule has 176 valence electrons. The predicted molar refractivity (Wildman–Crippen MR) is 134 cm³/mol. The molecule has 33 heavy (non-hydrogen) atoms. The lowest BCUT2D eigenvalue weighted by Crippen LogP contribution is -2.52. The van der Waals surface area contributed by atoms with E-state index in [1.165, 1.54) is 75.6 Å². The summed E-state index contributed by atoms with van der Waals surface area (Å²) in [5.74, 6) is 3.54. The van der Waals surface area contributed by atoms with E-state index in [1.807, 2.05) is 12.2 Å². The molecule has 4 aliphatic carbocycles. The largest absolute Gasteiger partial charge is 0.269 e. The molecule has 4 saturated carbocycles. The molecule has 4 unspecified atom stereocenters. The lowest BCUT2D eigenvalue weighted by atomic mass is 9.45. The number of rotatable bonds is 4. The van der Waals surface area contributed by atoms with Gasteiger partial charge in [0.15, 0.2) is 0 Å². The van der Waals surface area contributed by atoms with E-state index in [0.717, 1.165) is 35.7 Å². The van der Waals surface area contributed by atoms with Gasteiger partial charge in [0, 0.05) is 29.5 Å². The van der Waals surface area contributed by atoms with E-state index in [-0.39, 0.29) is 16.0 Å². The minimum Gasteiger partial charge on any atom is -0.258 e. The first-order valence-electron chi connectivity index (χ1n) is 12.9. The van der Waals surface area contributed by atoms with Crippen LogP contribution in [-0.2, 0) is 0 Å². The van der Waals surface area contributed by atoms with E-state index in [0.29, 0.717) is 5.41 Å². The average Bonchev–Trinajstić information content (AvgIpc) is 3.15. The fraction of sp³-hybridized carbons (Fsp3) is 0.643. The Hall–Kier alpha value is -2.30. The van der Waals surface area contributed by atoms with E-state index in [9.17, 15) is 10.1 Å². The average molecular weight is 448 g/mol. The van der Waals surface area contributed by atoms with Gasteiger partial charge in [0.1, 0.15) is 0 Å². The van der Waals surface area contributed by atoms with Crippen molar-refractivity contribution in [3.05, 3.63) is 46.0 Å². The Labute approximate surface area is 197 Å².